The van der Waals surface area contributed by atoms with Crippen molar-refractivity contribution in [1.29, 1.82) is 0 Å². The first-order valence-corrected chi connectivity index (χ1v) is 16.0. The van der Waals surface area contributed by atoms with E-state index in [9.17, 15) is 23.1 Å². The third-order valence-corrected chi connectivity index (χ3v) is 11.6. The summed E-state index contributed by atoms with van der Waals surface area (Å²) in [7, 11) is -3.88. The molecule has 3 aliphatic rings. The number of ether oxygens (including phenoxy) is 1. The number of hydrogen-bond donors (Lipinski definition) is 2. The van der Waals surface area contributed by atoms with Crippen molar-refractivity contribution in [3.63, 3.8) is 0 Å². The normalized spacial score (nSPS) is 21.6. The van der Waals surface area contributed by atoms with E-state index < -0.39 is 34.0 Å². The predicted molar refractivity (Wildman–Crippen MR) is 153 cm³/mol. The van der Waals surface area contributed by atoms with Crippen molar-refractivity contribution >= 4 is 56.4 Å². The Morgan fingerprint density at radius 2 is 1.70 bits per heavy atom. The molecule has 2 aromatic carbocycles. The van der Waals surface area contributed by atoms with E-state index in [1.54, 1.807) is 53.9 Å². The van der Waals surface area contributed by atoms with Gasteiger partial charge in [-0.05, 0) is 72.9 Å². The lowest BCUT2D eigenvalue weighted by Gasteiger charge is -2.49. The van der Waals surface area contributed by atoms with Gasteiger partial charge in [0.1, 0.15) is 28.6 Å². The van der Waals surface area contributed by atoms with Crippen LogP contribution in [0.3, 0.4) is 0 Å². The van der Waals surface area contributed by atoms with Crippen LogP contribution < -0.4 is 10.1 Å². The van der Waals surface area contributed by atoms with Crippen molar-refractivity contribution < 1.29 is 27.9 Å². The summed E-state index contributed by atoms with van der Waals surface area (Å²) in [6.07, 6.45) is 2.88. The topological polar surface area (TPSA) is 113 Å². The van der Waals surface area contributed by atoms with E-state index in [1.807, 2.05) is 0 Å². The number of carbonyl (C=O) groups is 2. The molecule has 3 aromatic rings. The van der Waals surface area contributed by atoms with Crippen LogP contribution in [0.1, 0.15) is 36.8 Å². The summed E-state index contributed by atoms with van der Waals surface area (Å²) >= 11 is 13.5. The number of halogens is 2. The molecule has 8 nitrogen and oxygen atoms in total. The molecule has 2 bridgehead atoms. The summed E-state index contributed by atoms with van der Waals surface area (Å²) in [6, 6.07) is 12.8. The Morgan fingerprint density at radius 1 is 1.02 bits per heavy atom. The van der Waals surface area contributed by atoms with Gasteiger partial charge < -0.3 is 15.2 Å². The Balaban J connectivity index is 1.27. The summed E-state index contributed by atoms with van der Waals surface area (Å²) < 4.78 is 34.3. The fourth-order valence-electron chi connectivity index (χ4n) is 5.54. The standard InChI is InChI=1S/C28H28Cl2N2O6S2/c29-22-3-1-4-23(30)21(22)16-38-20-12-6-17(7-13-20)15-24(28(34)35)31-27(33)26-18-8-10-19(11-9-18)32(26)40(36,37)25-5-2-14-39-25/h1-7,12-14,18-19,24,26H,8-11,15-16H2,(H,31,33)(H,34,35). The van der Waals surface area contributed by atoms with Crippen LogP contribution >= 0.6 is 34.5 Å². The van der Waals surface area contributed by atoms with Crippen LogP contribution in [0.25, 0.3) is 0 Å². The molecule has 2 saturated heterocycles. The van der Waals surface area contributed by atoms with Crippen LogP contribution in [0.2, 0.25) is 10.0 Å². The lowest BCUT2D eigenvalue weighted by molar-refractivity contribution is -0.143. The zero-order chi connectivity index (χ0) is 28.4. The van der Waals surface area contributed by atoms with Crippen LogP contribution in [0.5, 0.6) is 5.75 Å². The molecule has 0 spiro atoms. The molecule has 6 rings (SSSR count). The number of benzene rings is 2. The second-order valence-corrected chi connectivity index (χ2v) is 13.8. The summed E-state index contributed by atoms with van der Waals surface area (Å²) in [5.74, 6) is -1.38. The lowest BCUT2D eigenvalue weighted by Crippen LogP contribution is -2.63. The first kappa shape index (κ1) is 28.9. The molecule has 2 N–H and O–H groups in total. The maximum atomic E-state index is 13.5. The monoisotopic (exact) mass is 622 g/mol. The number of amides is 1. The van der Waals surface area contributed by atoms with Crippen molar-refractivity contribution in [3.05, 3.63) is 81.1 Å². The third-order valence-electron chi connectivity index (χ3n) is 7.54. The Kier molecular flexibility index (Phi) is 8.72. The van der Waals surface area contributed by atoms with E-state index in [1.165, 1.54) is 10.4 Å². The average molecular weight is 624 g/mol. The smallest absolute Gasteiger partial charge is 0.326 e. The highest BCUT2D eigenvalue weighted by molar-refractivity contribution is 7.91. The maximum absolute atomic E-state index is 13.5. The van der Waals surface area contributed by atoms with E-state index >= 15 is 0 Å². The van der Waals surface area contributed by atoms with Gasteiger partial charge in [-0.15, -0.1) is 11.3 Å². The molecule has 0 radical (unpaired) electrons. The van der Waals surface area contributed by atoms with Gasteiger partial charge in [0.15, 0.2) is 0 Å². The quantitative estimate of drug-likeness (QED) is 0.314. The molecule has 2 aliphatic heterocycles. The van der Waals surface area contributed by atoms with E-state index in [0.29, 0.717) is 39.8 Å². The van der Waals surface area contributed by atoms with Gasteiger partial charge >= 0.3 is 5.97 Å². The highest BCUT2D eigenvalue weighted by atomic mass is 35.5. The van der Waals surface area contributed by atoms with Crippen LogP contribution in [-0.2, 0) is 32.6 Å². The van der Waals surface area contributed by atoms with Gasteiger partial charge in [0.25, 0.3) is 10.0 Å². The number of carbonyl (C=O) groups excluding carboxylic acids is 1. The molecule has 3 fully saturated rings. The summed E-state index contributed by atoms with van der Waals surface area (Å²) in [4.78, 5) is 25.7. The molecule has 1 aromatic heterocycles. The number of aliphatic carboxylic acids is 1. The van der Waals surface area contributed by atoms with Crippen molar-refractivity contribution in [2.24, 2.45) is 5.92 Å². The minimum Gasteiger partial charge on any atom is -0.489 e. The largest absolute Gasteiger partial charge is 0.489 e. The minimum absolute atomic E-state index is 0.0240. The summed E-state index contributed by atoms with van der Waals surface area (Å²) in [6.45, 7) is 0.167. The van der Waals surface area contributed by atoms with E-state index in [0.717, 1.165) is 24.2 Å². The molecule has 212 valence electrons. The summed E-state index contributed by atoms with van der Waals surface area (Å²) in [5.41, 5.74) is 1.33. The third kappa shape index (κ3) is 6.01. The van der Waals surface area contributed by atoms with Crippen LogP contribution in [0.4, 0.5) is 0 Å². The minimum atomic E-state index is -3.88. The Bertz CT molecular complexity index is 1450. The Morgan fingerprint density at radius 3 is 2.30 bits per heavy atom. The van der Waals surface area contributed by atoms with Gasteiger partial charge in [0.2, 0.25) is 5.91 Å². The first-order chi connectivity index (χ1) is 19.1. The van der Waals surface area contributed by atoms with E-state index in [4.69, 9.17) is 27.9 Å². The molecule has 12 heteroatoms. The number of carboxylic acids is 1. The van der Waals surface area contributed by atoms with Gasteiger partial charge in [-0.25, -0.2) is 13.2 Å². The average Bonchev–Trinajstić information content (AvgIpc) is 3.49. The van der Waals surface area contributed by atoms with Crippen molar-refractivity contribution in [3.8, 4) is 5.75 Å². The zero-order valence-electron chi connectivity index (χ0n) is 21.3. The fourth-order valence-corrected chi connectivity index (χ4v) is 9.03. The predicted octanol–water partition coefficient (Wildman–Crippen LogP) is 5.38. The maximum Gasteiger partial charge on any atom is 0.326 e. The van der Waals surface area contributed by atoms with Gasteiger partial charge in [-0.3, -0.25) is 4.79 Å². The van der Waals surface area contributed by atoms with Gasteiger partial charge in [0.05, 0.1) is 0 Å². The van der Waals surface area contributed by atoms with Gasteiger partial charge in [-0.1, -0.05) is 47.5 Å². The van der Waals surface area contributed by atoms with Crippen molar-refractivity contribution in [2.45, 2.75) is 61.0 Å². The van der Waals surface area contributed by atoms with E-state index in [-0.39, 0.29) is 29.2 Å². The molecule has 1 amide bonds. The second kappa shape index (κ2) is 12.1. The van der Waals surface area contributed by atoms with Gasteiger partial charge in [0, 0.05) is 28.1 Å². The number of thiophene rings is 1. The molecule has 1 aliphatic carbocycles. The molecule has 2 atom stereocenters. The molecular weight excluding hydrogens is 595 g/mol. The van der Waals surface area contributed by atoms with E-state index in [2.05, 4.69) is 5.32 Å². The molecular formula is C28H28Cl2N2O6S2. The van der Waals surface area contributed by atoms with Crippen LogP contribution in [0, 0.1) is 5.92 Å². The number of nitrogens with zero attached hydrogens (tertiary/aromatic N) is 1. The Labute approximate surface area is 246 Å². The fraction of sp³-hybridized carbons (Fsp3) is 0.357. The molecule has 3 heterocycles. The number of rotatable bonds is 10. The highest BCUT2D eigenvalue weighted by Gasteiger charge is 2.51. The lowest BCUT2D eigenvalue weighted by atomic mass is 9.76. The van der Waals surface area contributed by atoms with Crippen molar-refractivity contribution in [1.82, 2.24) is 9.62 Å². The second-order valence-electron chi connectivity index (χ2n) is 10.0. The van der Waals surface area contributed by atoms with Crippen LogP contribution in [0.15, 0.2) is 64.2 Å². The summed E-state index contributed by atoms with van der Waals surface area (Å²) in [5, 5.41) is 15.2. The number of nitrogens with one attached hydrogen (secondary N) is 1. The number of sulfonamides is 1. The SMILES string of the molecule is O=C(O)C(Cc1ccc(OCc2c(Cl)cccc2Cl)cc1)NC(=O)C1C2CCC(CC2)N1S(=O)(=O)c1cccs1. The zero-order valence-corrected chi connectivity index (χ0v) is 24.5. The molecule has 2 unspecified atom stereocenters. The van der Waals surface area contributed by atoms with Crippen molar-refractivity contribution in [2.75, 3.05) is 0 Å². The first-order valence-electron chi connectivity index (χ1n) is 12.9. The van der Waals surface area contributed by atoms with Crippen LogP contribution in [-0.4, -0.2) is 47.8 Å². The van der Waals surface area contributed by atoms with Gasteiger partial charge in [-0.2, -0.15) is 4.31 Å². The number of fused-ring (bicyclic) bond motifs is 3. The molecule has 40 heavy (non-hydrogen) atoms. The number of hydrogen-bond acceptors (Lipinski definition) is 6. The Hall–Kier alpha value is -2.63. The number of piperidine rings is 2. The highest BCUT2D eigenvalue weighted by Crippen LogP contribution is 2.43. The molecule has 1 saturated carbocycles. The number of carboxylic acid groups (broad SMARTS) is 1.